The van der Waals surface area contributed by atoms with Crippen LogP contribution in [0, 0.1) is 5.92 Å². The zero-order valence-electron chi connectivity index (χ0n) is 19.9. The van der Waals surface area contributed by atoms with E-state index in [1.165, 1.54) is 5.32 Å². The molecule has 0 aromatic heterocycles. The molecule has 3 atom stereocenters. The van der Waals surface area contributed by atoms with Crippen molar-refractivity contribution in [2.75, 3.05) is 13.2 Å². The molecule has 0 aliphatic carbocycles. The Morgan fingerprint density at radius 3 is 2.09 bits per heavy atom. The van der Waals surface area contributed by atoms with E-state index in [0.717, 1.165) is 0 Å². The average Bonchev–Trinajstić information content (AvgIpc) is 2.64. The van der Waals surface area contributed by atoms with Gasteiger partial charge in [0.2, 0.25) is 9.70 Å². The number of hydrogen-bond acceptors (Lipinski definition) is 7. The number of alkyl halides is 3. The topological polar surface area (TPSA) is 153 Å². The predicted octanol–water partition coefficient (Wildman–Crippen LogP) is 1.15. The largest absolute Gasteiger partial charge is 0.460 e. The maximum absolute atomic E-state index is 12.6. The van der Waals surface area contributed by atoms with Crippen molar-refractivity contribution in [3.05, 3.63) is 0 Å². The van der Waals surface area contributed by atoms with Gasteiger partial charge in [0.05, 0.1) is 6.54 Å². The Hall–Kier alpha value is -1.33. The van der Waals surface area contributed by atoms with Gasteiger partial charge in [0, 0.05) is 0 Å². The number of amides is 3. The monoisotopic (exact) mass is 533 g/mol. The lowest BCUT2D eigenvalue weighted by atomic mass is 10.0. The molecule has 0 spiro atoms. The standard InChI is InChI=1S/C20H35Cl3N4O6/c1-11(2)14(27-18(31)33-19(4,5)6)16(29)26-12(3)15(28)25-9-7-8-13(24)17(30)32-10-20(21,22)23/h11-14H,7-10,24H2,1-6H3,(H,25,28)(H,26,29)(H,27,31)/p+1/t12-,13-,14-/m0/s1. The summed E-state index contributed by atoms with van der Waals surface area (Å²) >= 11 is 16.5. The fourth-order valence-electron chi connectivity index (χ4n) is 2.48. The maximum Gasteiger partial charge on any atom is 0.408 e. The highest BCUT2D eigenvalue weighted by atomic mass is 35.6. The summed E-state index contributed by atoms with van der Waals surface area (Å²) < 4.78 is 8.27. The van der Waals surface area contributed by atoms with Crippen molar-refractivity contribution < 1.29 is 34.0 Å². The first-order valence-corrected chi connectivity index (χ1v) is 11.7. The molecule has 0 aliphatic heterocycles. The van der Waals surface area contributed by atoms with Gasteiger partial charge < -0.3 is 25.8 Å². The minimum Gasteiger partial charge on any atom is -0.460 e. The summed E-state index contributed by atoms with van der Waals surface area (Å²) in [4.78, 5) is 48.7. The number of halogens is 3. The van der Waals surface area contributed by atoms with Crippen LogP contribution in [-0.4, -0.2) is 64.5 Å². The van der Waals surface area contributed by atoms with Gasteiger partial charge >= 0.3 is 18.0 Å². The third-order valence-electron chi connectivity index (χ3n) is 4.15. The number of nitrogens with two attached hydrogens (primary N) is 2. The summed E-state index contributed by atoms with van der Waals surface area (Å²) in [7, 11) is 0. The number of nitrogens with one attached hydrogen (secondary N) is 2. The number of quaternary nitrogens is 1. The number of carbonyl (C=O) groups is 4. The summed E-state index contributed by atoms with van der Waals surface area (Å²) in [6, 6.07) is -2.59. The number of carbonyl (C=O) groups excluding carboxylic acids is 4. The second-order valence-corrected chi connectivity index (χ2v) is 11.5. The second-order valence-electron chi connectivity index (χ2n) is 8.96. The van der Waals surface area contributed by atoms with Crippen molar-refractivity contribution >= 4 is 58.7 Å². The van der Waals surface area contributed by atoms with E-state index in [1.54, 1.807) is 41.5 Å². The lowest BCUT2D eigenvalue weighted by Crippen LogP contribution is -2.91. The third-order valence-corrected chi connectivity index (χ3v) is 4.48. The normalized spacial score (nSPS) is 14.8. The van der Waals surface area contributed by atoms with Crippen LogP contribution < -0.4 is 21.7 Å². The molecule has 3 amide bonds. The smallest absolute Gasteiger partial charge is 0.408 e. The molecule has 0 fully saturated rings. The summed E-state index contributed by atoms with van der Waals surface area (Å²) in [6.07, 6.45) is -0.0189. The molecule has 192 valence electrons. The van der Waals surface area contributed by atoms with Crippen LogP contribution in [0.5, 0.6) is 0 Å². The van der Waals surface area contributed by atoms with Crippen molar-refractivity contribution in [2.45, 2.75) is 81.9 Å². The Labute approximate surface area is 209 Å². The molecular weight excluding hydrogens is 499 g/mol. The fourth-order valence-corrected chi connectivity index (χ4v) is 2.64. The highest BCUT2D eigenvalue weighted by Crippen LogP contribution is 2.26. The minimum atomic E-state index is -1.72. The Morgan fingerprint density at radius 1 is 1.03 bits per heavy atom. The van der Waals surface area contributed by atoms with Crippen LogP contribution >= 0.6 is 34.8 Å². The molecule has 0 aromatic carbocycles. The van der Waals surface area contributed by atoms with E-state index in [4.69, 9.17) is 50.0 Å². The molecule has 0 unspecified atom stereocenters. The van der Waals surface area contributed by atoms with Crippen LogP contribution in [0.1, 0.15) is 54.4 Å². The Morgan fingerprint density at radius 2 is 1.61 bits per heavy atom. The molecular formula is C20H36Cl3N4O6+. The maximum atomic E-state index is 12.6. The highest BCUT2D eigenvalue weighted by Gasteiger charge is 2.30. The van der Waals surface area contributed by atoms with E-state index in [-0.39, 0.29) is 18.2 Å². The molecule has 0 saturated carbocycles. The highest BCUT2D eigenvalue weighted by molar-refractivity contribution is 6.67. The van der Waals surface area contributed by atoms with Crippen molar-refractivity contribution in [1.29, 1.82) is 0 Å². The number of ether oxygens (including phenoxy) is 2. The van der Waals surface area contributed by atoms with E-state index in [2.05, 4.69) is 10.6 Å². The Kier molecular flexibility index (Phi) is 13.6. The zero-order valence-corrected chi connectivity index (χ0v) is 22.1. The molecule has 0 bridgehead atoms. The molecule has 0 aromatic rings. The molecule has 33 heavy (non-hydrogen) atoms. The minimum absolute atomic E-state index is 0.230. The van der Waals surface area contributed by atoms with Gasteiger partial charge in [-0.15, -0.1) is 0 Å². The van der Waals surface area contributed by atoms with Crippen molar-refractivity contribution in [3.63, 3.8) is 0 Å². The van der Waals surface area contributed by atoms with Crippen molar-refractivity contribution in [1.82, 2.24) is 10.6 Å². The lowest BCUT2D eigenvalue weighted by molar-refractivity contribution is -0.570. The van der Waals surface area contributed by atoms with Crippen LogP contribution in [-0.2, 0) is 23.9 Å². The molecule has 0 aliphatic rings. The van der Waals surface area contributed by atoms with Gasteiger partial charge in [-0.25, -0.2) is 9.59 Å². The van der Waals surface area contributed by atoms with E-state index in [0.29, 0.717) is 13.0 Å². The summed E-state index contributed by atoms with van der Waals surface area (Å²) in [5, 5.41) is 6.55. The van der Waals surface area contributed by atoms with Gasteiger partial charge in [0.1, 0.15) is 30.3 Å². The first-order valence-electron chi connectivity index (χ1n) is 10.6. The summed E-state index contributed by atoms with van der Waals surface area (Å²) in [6.45, 7) is 10.2. The number of rotatable bonds is 11. The number of alkyl carbamates (subject to hydrolysis) is 1. The zero-order chi connectivity index (χ0) is 26.0. The van der Waals surface area contributed by atoms with Crippen molar-refractivity contribution in [3.8, 4) is 0 Å². The Bertz CT molecular complexity index is 680. The molecule has 0 saturated heterocycles. The SMILES string of the molecule is CC(C)[C@H](NC(=O)OC(C)(C)C)C(=O)N[C@@H](C)C(=O)[NH2+]CCC[C@H](N)C(=O)OCC(Cl)(Cl)Cl. The van der Waals surface area contributed by atoms with Crippen LogP contribution in [0.4, 0.5) is 4.79 Å². The molecule has 0 rings (SSSR count). The third kappa shape index (κ3) is 15.2. The van der Waals surface area contributed by atoms with Gasteiger partial charge in [-0.1, -0.05) is 48.7 Å². The van der Waals surface area contributed by atoms with E-state index < -0.39 is 52.1 Å². The first kappa shape index (κ1) is 31.7. The molecule has 10 nitrogen and oxygen atoms in total. The van der Waals surface area contributed by atoms with E-state index in [1.807, 2.05) is 0 Å². The lowest BCUT2D eigenvalue weighted by Gasteiger charge is -2.25. The van der Waals surface area contributed by atoms with Crippen LogP contribution in [0.2, 0.25) is 0 Å². The number of hydrogen-bond donors (Lipinski definition) is 4. The summed E-state index contributed by atoms with van der Waals surface area (Å²) in [5.74, 6) is -1.74. The number of esters is 1. The van der Waals surface area contributed by atoms with Crippen LogP contribution in [0.25, 0.3) is 0 Å². The second kappa shape index (κ2) is 14.2. The molecule has 0 heterocycles. The molecule has 0 radical (unpaired) electrons. The van der Waals surface area contributed by atoms with E-state index in [9.17, 15) is 19.2 Å². The molecule has 6 N–H and O–H groups in total. The number of primary amides is 1. The van der Waals surface area contributed by atoms with Gasteiger partial charge in [-0.05, 0) is 46.5 Å². The van der Waals surface area contributed by atoms with Crippen LogP contribution in [0.15, 0.2) is 0 Å². The molecule has 13 heteroatoms. The Balaban J connectivity index is 4.48. The van der Waals surface area contributed by atoms with Crippen LogP contribution in [0.3, 0.4) is 0 Å². The first-order chi connectivity index (χ1) is 14.9. The quantitative estimate of drug-likeness (QED) is 0.176. The van der Waals surface area contributed by atoms with Gasteiger partial charge in [0.15, 0.2) is 0 Å². The fraction of sp³-hybridized carbons (Fsp3) is 0.800. The van der Waals surface area contributed by atoms with Gasteiger partial charge in [-0.3, -0.25) is 14.9 Å². The van der Waals surface area contributed by atoms with Gasteiger partial charge in [-0.2, -0.15) is 0 Å². The van der Waals surface area contributed by atoms with Crippen molar-refractivity contribution in [2.24, 2.45) is 11.7 Å². The average molecular weight is 535 g/mol. The van der Waals surface area contributed by atoms with Gasteiger partial charge in [0.25, 0.3) is 0 Å². The predicted molar refractivity (Wildman–Crippen MR) is 126 cm³/mol. The van der Waals surface area contributed by atoms with E-state index >= 15 is 0 Å². The summed E-state index contributed by atoms with van der Waals surface area (Å²) in [5.41, 5.74) is 5.02.